The van der Waals surface area contributed by atoms with Gasteiger partial charge in [-0.05, 0) is 69.3 Å². The SMILES string of the molecule is CCOC(=O)C1=C(c2ccccc2)N=c2s/c(=C\c3cc(C)n(-c4sc(C)c(C)c4C(=O)OC)c3C)c(=O)n2[C@H]1c1cccs1. The Hall–Kier alpha value is -4.32. The Morgan fingerprint density at radius 2 is 1.78 bits per heavy atom. The summed E-state index contributed by atoms with van der Waals surface area (Å²) in [7, 11) is 1.39. The Morgan fingerprint density at radius 1 is 1.02 bits per heavy atom. The number of methoxy groups -OCH3 is 1. The van der Waals surface area contributed by atoms with Gasteiger partial charge in [0.25, 0.3) is 5.56 Å². The number of aromatic nitrogens is 2. The lowest BCUT2D eigenvalue weighted by Gasteiger charge is -2.24. The zero-order chi connectivity index (χ0) is 32.0. The van der Waals surface area contributed by atoms with Crippen LogP contribution in [0.4, 0.5) is 0 Å². The second kappa shape index (κ2) is 12.2. The van der Waals surface area contributed by atoms with Crippen LogP contribution in [0.25, 0.3) is 16.8 Å². The van der Waals surface area contributed by atoms with Gasteiger partial charge >= 0.3 is 11.9 Å². The highest BCUT2D eigenvalue weighted by molar-refractivity contribution is 7.15. The highest BCUT2D eigenvalue weighted by Crippen LogP contribution is 2.37. The molecule has 0 radical (unpaired) electrons. The molecule has 0 aliphatic carbocycles. The van der Waals surface area contributed by atoms with Crippen LogP contribution in [0.2, 0.25) is 0 Å². The average molecular weight is 658 g/mol. The maximum absolute atomic E-state index is 14.2. The Balaban J connectivity index is 1.57. The highest BCUT2D eigenvalue weighted by atomic mass is 32.1. The van der Waals surface area contributed by atoms with E-state index < -0.39 is 12.0 Å². The van der Waals surface area contributed by atoms with Gasteiger partial charge in [-0.1, -0.05) is 47.7 Å². The molecule has 0 saturated heterocycles. The van der Waals surface area contributed by atoms with Crippen LogP contribution in [0.15, 0.2) is 69.3 Å². The number of fused-ring (bicyclic) bond motifs is 1. The monoisotopic (exact) mass is 657 g/mol. The third-order valence-corrected chi connectivity index (χ3v) is 11.0. The highest BCUT2D eigenvalue weighted by Gasteiger charge is 2.35. The number of ether oxygens (including phenoxy) is 2. The van der Waals surface area contributed by atoms with Crippen molar-refractivity contribution < 1.29 is 19.1 Å². The molecule has 6 rings (SSSR count). The largest absolute Gasteiger partial charge is 0.465 e. The fourth-order valence-electron chi connectivity index (χ4n) is 5.65. The van der Waals surface area contributed by atoms with Crippen LogP contribution in [0.3, 0.4) is 0 Å². The van der Waals surface area contributed by atoms with Gasteiger partial charge in [0.2, 0.25) is 0 Å². The third kappa shape index (κ3) is 5.24. The number of rotatable bonds is 7. The van der Waals surface area contributed by atoms with E-state index in [1.165, 1.54) is 41.1 Å². The Labute approximate surface area is 271 Å². The van der Waals surface area contributed by atoms with Gasteiger partial charge in [-0.25, -0.2) is 14.6 Å². The van der Waals surface area contributed by atoms with Crippen molar-refractivity contribution in [2.24, 2.45) is 4.99 Å². The number of thiophene rings is 2. The van der Waals surface area contributed by atoms with Crippen molar-refractivity contribution in [3.05, 3.63) is 123 Å². The number of thiazole rings is 1. The molecule has 0 spiro atoms. The molecule has 0 unspecified atom stereocenters. The first-order chi connectivity index (χ1) is 21.7. The lowest BCUT2D eigenvalue weighted by molar-refractivity contribution is -0.138. The molecule has 230 valence electrons. The number of aryl methyl sites for hydroxylation is 2. The standard InChI is InChI=1S/C34H31N3O5S3/c1-7-42-33(40)27-28(22-12-9-8-10-13-22)35-34-37(29(27)24-14-11-15-43-24)30(38)25(45-34)17-23-16-18(2)36(20(23)4)31-26(32(39)41-6)19(3)21(5)44-31/h8-17,29H,7H2,1-6H3/b25-17-/t29-/m0/s1. The summed E-state index contributed by atoms with van der Waals surface area (Å²) >= 11 is 4.30. The van der Waals surface area contributed by atoms with Gasteiger partial charge in [0.15, 0.2) is 4.80 Å². The molecule has 1 atom stereocenters. The van der Waals surface area contributed by atoms with Gasteiger partial charge in [-0.15, -0.1) is 22.7 Å². The minimum Gasteiger partial charge on any atom is -0.465 e. The number of hydrogen-bond acceptors (Lipinski definition) is 9. The average Bonchev–Trinajstić information content (AvgIpc) is 3.80. The fraction of sp³-hybridized carbons (Fsp3) is 0.235. The summed E-state index contributed by atoms with van der Waals surface area (Å²) in [5.41, 5.74) is 5.45. The van der Waals surface area contributed by atoms with Crippen LogP contribution in [0, 0.1) is 27.7 Å². The van der Waals surface area contributed by atoms with Crippen LogP contribution < -0.4 is 14.9 Å². The van der Waals surface area contributed by atoms with E-state index in [0.717, 1.165) is 42.8 Å². The quantitative estimate of drug-likeness (QED) is 0.204. The van der Waals surface area contributed by atoms with Gasteiger partial charge < -0.3 is 14.0 Å². The summed E-state index contributed by atoms with van der Waals surface area (Å²) < 4.78 is 14.8. The van der Waals surface area contributed by atoms with E-state index in [1.807, 2.05) is 92.2 Å². The van der Waals surface area contributed by atoms with Crippen molar-refractivity contribution in [3.63, 3.8) is 0 Å². The predicted molar refractivity (Wildman–Crippen MR) is 179 cm³/mol. The number of benzene rings is 1. The number of nitrogens with zero attached hydrogens (tertiary/aromatic N) is 3. The van der Waals surface area contributed by atoms with E-state index in [9.17, 15) is 14.4 Å². The van der Waals surface area contributed by atoms with Gasteiger partial charge in [0.05, 0.1) is 35.1 Å². The second-order valence-corrected chi connectivity index (χ2v) is 13.8. The number of esters is 2. The zero-order valence-electron chi connectivity index (χ0n) is 25.7. The summed E-state index contributed by atoms with van der Waals surface area (Å²) in [4.78, 5) is 47.9. The molecule has 0 bridgehead atoms. The van der Waals surface area contributed by atoms with Gasteiger partial charge in [-0.2, -0.15) is 0 Å². The maximum atomic E-state index is 14.2. The van der Waals surface area contributed by atoms with Crippen molar-refractivity contribution in [3.8, 4) is 5.00 Å². The number of hydrogen-bond donors (Lipinski definition) is 0. The van der Waals surface area contributed by atoms with E-state index in [-0.39, 0.29) is 18.1 Å². The lowest BCUT2D eigenvalue weighted by Crippen LogP contribution is -2.39. The summed E-state index contributed by atoms with van der Waals surface area (Å²) in [6.45, 7) is 9.83. The first-order valence-electron chi connectivity index (χ1n) is 14.4. The van der Waals surface area contributed by atoms with E-state index in [2.05, 4.69) is 0 Å². The van der Waals surface area contributed by atoms with E-state index in [0.29, 0.717) is 26.2 Å². The molecule has 0 fully saturated rings. The Kier molecular flexibility index (Phi) is 8.34. The van der Waals surface area contributed by atoms with Crippen molar-refractivity contribution in [2.45, 2.75) is 40.7 Å². The summed E-state index contributed by atoms with van der Waals surface area (Å²) in [5.74, 6) is -0.881. The molecular formula is C34H31N3O5S3. The zero-order valence-corrected chi connectivity index (χ0v) is 28.1. The Morgan fingerprint density at radius 3 is 2.44 bits per heavy atom. The normalized spacial score (nSPS) is 14.8. The molecule has 0 N–H and O–H groups in total. The van der Waals surface area contributed by atoms with E-state index in [1.54, 1.807) is 11.5 Å². The smallest absolute Gasteiger partial charge is 0.341 e. The second-order valence-electron chi connectivity index (χ2n) is 10.6. The summed E-state index contributed by atoms with van der Waals surface area (Å²) in [6, 6.07) is 14.7. The molecule has 1 aliphatic rings. The van der Waals surface area contributed by atoms with Crippen LogP contribution in [0.1, 0.15) is 61.2 Å². The van der Waals surface area contributed by atoms with Crippen LogP contribution >= 0.6 is 34.0 Å². The molecule has 5 aromatic rings. The molecule has 1 aromatic carbocycles. The fourth-order valence-corrected chi connectivity index (χ4v) is 8.72. The first kappa shape index (κ1) is 30.7. The van der Waals surface area contributed by atoms with Gasteiger partial charge in [0, 0.05) is 26.7 Å². The summed E-state index contributed by atoms with van der Waals surface area (Å²) in [5, 5.41) is 2.72. The van der Waals surface area contributed by atoms with Crippen molar-refractivity contribution in [2.75, 3.05) is 13.7 Å². The number of carbonyl (C=O) groups excluding carboxylic acids is 2. The van der Waals surface area contributed by atoms with Gasteiger partial charge in [0.1, 0.15) is 11.0 Å². The molecule has 1 aliphatic heterocycles. The van der Waals surface area contributed by atoms with Crippen LogP contribution in [0.5, 0.6) is 0 Å². The molecule has 5 heterocycles. The molecular weight excluding hydrogens is 627 g/mol. The predicted octanol–water partition coefficient (Wildman–Crippen LogP) is 5.87. The van der Waals surface area contributed by atoms with E-state index >= 15 is 0 Å². The van der Waals surface area contributed by atoms with Crippen molar-refractivity contribution >= 4 is 57.7 Å². The van der Waals surface area contributed by atoms with Crippen LogP contribution in [-0.2, 0) is 14.3 Å². The molecule has 0 amide bonds. The molecule has 45 heavy (non-hydrogen) atoms. The Bertz CT molecular complexity index is 2160. The summed E-state index contributed by atoms with van der Waals surface area (Å²) in [6.07, 6.45) is 1.87. The lowest BCUT2D eigenvalue weighted by atomic mass is 9.97. The first-order valence-corrected chi connectivity index (χ1v) is 16.9. The molecule has 8 nitrogen and oxygen atoms in total. The van der Waals surface area contributed by atoms with Crippen molar-refractivity contribution in [1.82, 2.24) is 9.13 Å². The number of carbonyl (C=O) groups is 2. The molecule has 11 heteroatoms. The van der Waals surface area contributed by atoms with Crippen molar-refractivity contribution in [1.29, 1.82) is 0 Å². The minimum atomic E-state index is -0.690. The van der Waals surface area contributed by atoms with Crippen LogP contribution in [-0.4, -0.2) is 34.8 Å². The maximum Gasteiger partial charge on any atom is 0.341 e. The van der Waals surface area contributed by atoms with Gasteiger partial charge in [-0.3, -0.25) is 9.36 Å². The topological polar surface area (TPSA) is 91.9 Å². The van der Waals surface area contributed by atoms with E-state index in [4.69, 9.17) is 14.5 Å². The molecule has 0 saturated carbocycles. The third-order valence-electron chi connectivity index (χ3n) is 7.90. The molecule has 4 aromatic heterocycles. The minimum absolute atomic E-state index is 0.197.